The number of hydrogen-bond acceptors (Lipinski definition) is 4. The summed E-state index contributed by atoms with van der Waals surface area (Å²) in [4.78, 5) is 21.0. The third-order valence-corrected chi connectivity index (χ3v) is 3.25. The lowest BCUT2D eigenvalue weighted by molar-refractivity contribution is -0.132. The zero-order valence-electron chi connectivity index (χ0n) is 11.3. The Hall–Kier alpha value is -2.66. The average Bonchev–Trinajstić information content (AvgIpc) is 2.53. The van der Waals surface area contributed by atoms with Crippen LogP contribution in [-0.4, -0.2) is 16.1 Å². The molecular formula is C16H14N2O3. The number of aromatic nitrogens is 1. The van der Waals surface area contributed by atoms with E-state index in [1.807, 2.05) is 36.4 Å². The van der Waals surface area contributed by atoms with E-state index in [1.165, 1.54) is 11.3 Å². The first-order valence-electron chi connectivity index (χ1n) is 6.57. The number of carboxylic acid groups (broad SMARTS) is 1. The van der Waals surface area contributed by atoms with E-state index in [1.54, 1.807) is 12.4 Å². The molecule has 0 saturated heterocycles. The topological polar surface area (TPSA) is 62.7 Å². The fourth-order valence-corrected chi connectivity index (χ4v) is 2.20. The first-order chi connectivity index (χ1) is 10.2. The van der Waals surface area contributed by atoms with E-state index < -0.39 is 5.97 Å². The SMILES string of the molecule is O=C(O)C1=CN(OCc2cccnc2)c2ccccc2C1. The third kappa shape index (κ3) is 2.93. The molecule has 0 aliphatic carbocycles. The van der Waals surface area contributed by atoms with Crippen molar-refractivity contribution in [2.45, 2.75) is 13.0 Å². The fraction of sp³-hybridized carbons (Fsp3) is 0.125. The maximum atomic E-state index is 11.2. The molecule has 5 nitrogen and oxygen atoms in total. The summed E-state index contributed by atoms with van der Waals surface area (Å²) in [5, 5.41) is 10.7. The number of nitrogens with zero attached hydrogens (tertiary/aromatic N) is 2. The number of aliphatic carboxylic acids is 1. The predicted molar refractivity (Wildman–Crippen MR) is 77.4 cm³/mol. The Labute approximate surface area is 122 Å². The van der Waals surface area contributed by atoms with Crippen LogP contribution in [0.4, 0.5) is 5.69 Å². The van der Waals surface area contributed by atoms with Crippen LogP contribution in [0, 0.1) is 0 Å². The summed E-state index contributed by atoms with van der Waals surface area (Å²) in [6.45, 7) is 0.325. The zero-order chi connectivity index (χ0) is 14.7. The zero-order valence-corrected chi connectivity index (χ0v) is 11.3. The summed E-state index contributed by atoms with van der Waals surface area (Å²) < 4.78 is 0. The maximum absolute atomic E-state index is 11.2. The van der Waals surface area contributed by atoms with Crippen molar-refractivity contribution in [1.82, 2.24) is 4.98 Å². The smallest absolute Gasteiger partial charge is 0.333 e. The molecule has 0 radical (unpaired) electrons. The molecular weight excluding hydrogens is 268 g/mol. The normalized spacial score (nSPS) is 13.5. The van der Waals surface area contributed by atoms with Crippen LogP contribution < -0.4 is 5.06 Å². The van der Waals surface area contributed by atoms with E-state index in [4.69, 9.17) is 4.84 Å². The first kappa shape index (κ1) is 13.3. The standard InChI is InChI=1S/C16H14N2O3/c19-16(20)14-8-13-5-1-2-6-15(13)18(10-14)21-11-12-4-3-7-17-9-12/h1-7,9-10H,8,11H2,(H,19,20). The highest BCUT2D eigenvalue weighted by Gasteiger charge is 2.21. The predicted octanol–water partition coefficient (Wildman–Crippen LogP) is 2.54. The molecule has 5 heteroatoms. The van der Waals surface area contributed by atoms with Crippen LogP contribution in [0.3, 0.4) is 0 Å². The van der Waals surface area contributed by atoms with Gasteiger partial charge in [0, 0.05) is 25.0 Å². The lowest BCUT2D eigenvalue weighted by atomic mass is 10.0. The minimum Gasteiger partial charge on any atom is -0.478 e. The summed E-state index contributed by atoms with van der Waals surface area (Å²) in [7, 11) is 0. The number of carboxylic acids is 1. The van der Waals surface area contributed by atoms with E-state index >= 15 is 0 Å². The highest BCUT2D eigenvalue weighted by atomic mass is 16.7. The largest absolute Gasteiger partial charge is 0.478 e. The molecule has 0 amide bonds. The van der Waals surface area contributed by atoms with Crippen molar-refractivity contribution in [3.05, 3.63) is 71.7 Å². The van der Waals surface area contributed by atoms with Gasteiger partial charge in [-0.2, -0.15) is 0 Å². The number of benzene rings is 1. The molecule has 2 aromatic rings. The number of fused-ring (bicyclic) bond motifs is 1. The Morgan fingerprint density at radius 3 is 2.90 bits per heavy atom. The number of para-hydroxylation sites is 1. The highest BCUT2D eigenvalue weighted by Crippen LogP contribution is 2.29. The van der Waals surface area contributed by atoms with Crippen LogP contribution >= 0.6 is 0 Å². The maximum Gasteiger partial charge on any atom is 0.333 e. The van der Waals surface area contributed by atoms with Gasteiger partial charge in [0.05, 0.1) is 11.3 Å². The quantitative estimate of drug-likeness (QED) is 0.933. The molecule has 1 N–H and O–H groups in total. The molecule has 0 saturated carbocycles. The van der Waals surface area contributed by atoms with E-state index in [0.717, 1.165) is 16.8 Å². The van der Waals surface area contributed by atoms with Crippen LogP contribution in [0.5, 0.6) is 0 Å². The van der Waals surface area contributed by atoms with E-state index in [-0.39, 0.29) is 0 Å². The van der Waals surface area contributed by atoms with Crippen molar-refractivity contribution < 1.29 is 14.7 Å². The molecule has 3 rings (SSSR count). The molecule has 0 fully saturated rings. The van der Waals surface area contributed by atoms with Gasteiger partial charge in [-0.3, -0.25) is 9.82 Å². The summed E-state index contributed by atoms with van der Waals surface area (Å²) in [5.74, 6) is -0.931. The van der Waals surface area contributed by atoms with Gasteiger partial charge >= 0.3 is 5.97 Å². The molecule has 21 heavy (non-hydrogen) atoms. The van der Waals surface area contributed by atoms with Crippen LogP contribution in [-0.2, 0) is 22.7 Å². The molecule has 2 heterocycles. The second-order valence-corrected chi connectivity index (χ2v) is 4.73. The van der Waals surface area contributed by atoms with Crippen molar-refractivity contribution >= 4 is 11.7 Å². The Bertz CT molecular complexity index is 683. The van der Waals surface area contributed by atoms with Gasteiger partial charge in [-0.15, -0.1) is 0 Å². The van der Waals surface area contributed by atoms with Gasteiger partial charge in [-0.25, -0.2) is 9.86 Å². The van der Waals surface area contributed by atoms with Gasteiger partial charge in [0.1, 0.15) is 6.61 Å². The van der Waals surface area contributed by atoms with Crippen molar-refractivity contribution in [3.8, 4) is 0 Å². The monoisotopic (exact) mass is 282 g/mol. The van der Waals surface area contributed by atoms with Crippen LogP contribution in [0.2, 0.25) is 0 Å². The van der Waals surface area contributed by atoms with Gasteiger partial charge < -0.3 is 5.11 Å². The number of hydroxylamine groups is 1. The highest BCUT2D eigenvalue weighted by molar-refractivity contribution is 5.89. The van der Waals surface area contributed by atoms with Crippen molar-refractivity contribution in [3.63, 3.8) is 0 Å². The lowest BCUT2D eigenvalue weighted by Crippen LogP contribution is -2.24. The van der Waals surface area contributed by atoms with Gasteiger partial charge in [0.2, 0.25) is 0 Å². The number of anilines is 1. The summed E-state index contributed by atoms with van der Waals surface area (Å²) in [6, 6.07) is 11.4. The van der Waals surface area contributed by atoms with Crippen LogP contribution in [0.15, 0.2) is 60.6 Å². The summed E-state index contributed by atoms with van der Waals surface area (Å²) in [6.07, 6.45) is 5.35. The second-order valence-electron chi connectivity index (χ2n) is 4.73. The molecule has 0 unspecified atom stereocenters. The number of rotatable bonds is 4. The van der Waals surface area contributed by atoms with Crippen molar-refractivity contribution in [2.24, 2.45) is 0 Å². The molecule has 1 aliphatic heterocycles. The van der Waals surface area contributed by atoms with Gasteiger partial charge in [-0.05, 0) is 23.3 Å². The van der Waals surface area contributed by atoms with Crippen molar-refractivity contribution in [1.29, 1.82) is 0 Å². The van der Waals surface area contributed by atoms with E-state index in [9.17, 15) is 9.90 Å². The van der Waals surface area contributed by atoms with Crippen LogP contribution in [0.1, 0.15) is 11.1 Å². The van der Waals surface area contributed by atoms with Crippen molar-refractivity contribution in [2.75, 3.05) is 5.06 Å². The average molecular weight is 282 g/mol. The number of hydrogen-bond donors (Lipinski definition) is 1. The molecule has 0 atom stereocenters. The second kappa shape index (κ2) is 5.76. The van der Waals surface area contributed by atoms with Gasteiger partial charge in [-0.1, -0.05) is 24.3 Å². The first-order valence-corrected chi connectivity index (χ1v) is 6.57. The lowest BCUT2D eigenvalue weighted by Gasteiger charge is -2.27. The number of carbonyl (C=O) groups is 1. The third-order valence-electron chi connectivity index (χ3n) is 3.25. The fourth-order valence-electron chi connectivity index (χ4n) is 2.20. The molecule has 1 aromatic carbocycles. The number of pyridine rings is 1. The van der Waals surface area contributed by atoms with E-state index in [0.29, 0.717) is 18.6 Å². The van der Waals surface area contributed by atoms with Crippen LogP contribution in [0.25, 0.3) is 0 Å². The summed E-state index contributed by atoms with van der Waals surface area (Å²) in [5.41, 5.74) is 3.03. The minimum atomic E-state index is -0.931. The molecule has 1 aliphatic rings. The Kier molecular flexibility index (Phi) is 3.66. The Morgan fingerprint density at radius 2 is 2.14 bits per heavy atom. The molecule has 0 spiro atoms. The Balaban J connectivity index is 1.84. The Morgan fingerprint density at radius 1 is 1.29 bits per heavy atom. The summed E-state index contributed by atoms with van der Waals surface area (Å²) >= 11 is 0. The molecule has 106 valence electrons. The van der Waals surface area contributed by atoms with Gasteiger partial charge in [0.15, 0.2) is 0 Å². The molecule has 1 aromatic heterocycles. The minimum absolute atomic E-state index is 0.305. The van der Waals surface area contributed by atoms with Gasteiger partial charge in [0.25, 0.3) is 0 Å². The van der Waals surface area contributed by atoms with E-state index in [2.05, 4.69) is 4.98 Å². The molecule has 0 bridgehead atoms.